The summed E-state index contributed by atoms with van der Waals surface area (Å²) in [4.78, 5) is 4.75. The Hall–Kier alpha value is -1.17. The van der Waals surface area contributed by atoms with Crippen LogP contribution in [0.5, 0.6) is 5.75 Å². The Balaban J connectivity index is 2.04. The molecule has 1 aliphatic heterocycles. The summed E-state index contributed by atoms with van der Waals surface area (Å²) in [5.41, 5.74) is 0.941. The normalized spacial score (nSPS) is 20.3. The molecule has 136 valence electrons. The van der Waals surface area contributed by atoms with Crippen LogP contribution < -0.4 is 4.74 Å². The number of methoxy groups -OCH3 is 1. The number of nitrogens with zero attached hydrogens (tertiary/aromatic N) is 2. The van der Waals surface area contributed by atoms with Gasteiger partial charge in [-0.3, -0.25) is 9.80 Å². The largest absolute Gasteiger partial charge is 0.497 e. The third-order valence-electron chi connectivity index (χ3n) is 4.48. The zero-order valence-corrected chi connectivity index (χ0v) is 15.4. The number of hydrogen-bond donors (Lipinski definition) is 1. The molecule has 1 unspecified atom stereocenters. The Labute approximate surface area is 145 Å². The van der Waals surface area contributed by atoms with Crippen molar-refractivity contribution < 1.29 is 14.2 Å². The van der Waals surface area contributed by atoms with Crippen molar-refractivity contribution in [2.75, 3.05) is 39.9 Å². The van der Waals surface area contributed by atoms with Gasteiger partial charge in [0.2, 0.25) is 0 Å². The standard InChI is InChI=1S/C19H31FN2O2/c1-19(2,3)14-21-8-9-22(16(13-21)7-10-23)12-15-5-6-17(24-4)11-18(15)20/h5-6,11,16,23H,7-10,12-14H2,1-4H3. The molecule has 4 nitrogen and oxygen atoms in total. The van der Waals surface area contributed by atoms with Crippen molar-refractivity contribution in [2.24, 2.45) is 5.41 Å². The predicted molar refractivity (Wildman–Crippen MR) is 94.7 cm³/mol. The maximum atomic E-state index is 14.2. The first-order chi connectivity index (χ1) is 11.3. The fraction of sp³-hybridized carbons (Fsp3) is 0.684. The molecule has 0 bridgehead atoms. The molecule has 2 rings (SSSR count). The molecule has 0 aliphatic carbocycles. The zero-order chi connectivity index (χ0) is 17.7. The molecular formula is C19H31FN2O2. The van der Waals surface area contributed by atoms with E-state index in [4.69, 9.17) is 4.74 Å². The minimum atomic E-state index is -0.228. The number of hydrogen-bond acceptors (Lipinski definition) is 4. The number of halogens is 1. The summed E-state index contributed by atoms with van der Waals surface area (Å²) in [7, 11) is 1.54. The molecule has 0 amide bonds. The summed E-state index contributed by atoms with van der Waals surface area (Å²) in [6, 6.07) is 5.29. The zero-order valence-electron chi connectivity index (χ0n) is 15.4. The van der Waals surface area contributed by atoms with Gasteiger partial charge < -0.3 is 9.84 Å². The lowest BCUT2D eigenvalue weighted by molar-refractivity contribution is 0.0376. The second-order valence-corrected chi connectivity index (χ2v) is 7.89. The van der Waals surface area contributed by atoms with E-state index < -0.39 is 0 Å². The van der Waals surface area contributed by atoms with Gasteiger partial charge in [-0.15, -0.1) is 0 Å². The molecule has 5 heteroatoms. The van der Waals surface area contributed by atoms with E-state index in [9.17, 15) is 9.50 Å². The maximum Gasteiger partial charge on any atom is 0.131 e. The van der Waals surface area contributed by atoms with Crippen molar-refractivity contribution in [1.82, 2.24) is 9.80 Å². The molecule has 24 heavy (non-hydrogen) atoms. The fourth-order valence-electron chi connectivity index (χ4n) is 3.40. The number of aliphatic hydroxyl groups is 1. The average Bonchev–Trinajstić information content (AvgIpc) is 2.50. The van der Waals surface area contributed by atoms with Gasteiger partial charge in [0.1, 0.15) is 11.6 Å². The Morgan fingerprint density at radius 1 is 1.29 bits per heavy atom. The molecule has 1 aromatic rings. The second kappa shape index (κ2) is 8.28. The van der Waals surface area contributed by atoms with Crippen LogP contribution in [0.2, 0.25) is 0 Å². The van der Waals surface area contributed by atoms with Crippen LogP contribution >= 0.6 is 0 Å². The van der Waals surface area contributed by atoms with Gasteiger partial charge in [0.25, 0.3) is 0 Å². The van der Waals surface area contributed by atoms with Crippen molar-refractivity contribution >= 4 is 0 Å². The van der Waals surface area contributed by atoms with Gasteiger partial charge in [0.15, 0.2) is 0 Å². The van der Waals surface area contributed by atoms with Crippen molar-refractivity contribution in [3.05, 3.63) is 29.6 Å². The van der Waals surface area contributed by atoms with Crippen molar-refractivity contribution in [2.45, 2.75) is 39.8 Å². The van der Waals surface area contributed by atoms with E-state index >= 15 is 0 Å². The molecule has 1 atom stereocenters. The van der Waals surface area contributed by atoms with Crippen molar-refractivity contribution in [1.29, 1.82) is 0 Å². The number of rotatable bonds is 6. The van der Waals surface area contributed by atoms with Crippen LogP contribution in [-0.4, -0.2) is 60.8 Å². The van der Waals surface area contributed by atoms with Crippen molar-refractivity contribution in [3.63, 3.8) is 0 Å². The van der Waals surface area contributed by atoms with Crippen molar-refractivity contribution in [3.8, 4) is 5.75 Å². The fourth-order valence-corrected chi connectivity index (χ4v) is 3.40. The lowest BCUT2D eigenvalue weighted by Gasteiger charge is -2.43. The van der Waals surface area contributed by atoms with E-state index in [1.165, 1.54) is 6.07 Å². The Kier molecular flexibility index (Phi) is 6.61. The SMILES string of the molecule is COc1ccc(CN2CCN(CC(C)(C)C)CC2CCO)c(F)c1. The highest BCUT2D eigenvalue weighted by molar-refractivity contribution is 5.29. The minimum Gasteiger partial charge on any atom is -0.497 e. The van der Waals surface area contributed by atoms with E-state index in [2.05, 4.69) is 30.6 Å². The highest BCUT2D eigenvalue weighted by Gasteiger charge is 2.29. The molecule has 1 N–H and O–H groups in total. The molecule has 1 fully saturated rings. The van der Waals surface area contributed by atoms with Crippen LogP contribution in [0.25, 0.3) is 0 Å². The Morgan fingerprint density at radius 2 is 2.04 bits per heavy atom. The predicted octanol–water partition coefficient (Wildman–Crippen LogP) is 2.75. The topological polar surface area (TPSA) is 35.9 Å². The van der Waals surface area contributed by atoms with Gasteiger partial charge in [-0.1, -0.05) is 26.8 Å². The van der Waals surface area contributed by atoms with E-state index in [0.29, 0.717) is 17.9 Å². The first-order valence-electron chi connectivity index (χ1n) is 8.72. The van der Waals surface area contributed by atoms with Crippen LogP contribution in [0.15, 0.2) is 18.2 Å². The van der Waals surface area contributed by atoms with Gasteiger partial charge in [-0.2, -0.15) is 0 Å². The van der Waals surface area contributed by atoms with Crippen LogP contribution in [0, 0.1) is 11.2 Å². The monoisotopic (exact) mass is 338 g/mol. The highest BCUT2D eigenvalue weighted by Crippen LogP contribution is 2.23. The third-order valence-corrected chi connectivity index (χ3v) is 4.48. The number of aliphatic hydroxyl groups excluding tert-OH is 1. The summed E-state index contributed by atoms with van der Waals surface area (Å²) in [6.07, 6.45) is 0.721. The first kappa shape index (κ1) is 19.2. The molecule has 1 aliphatic rings. The summed E-state index contributed by atoms with van der Waals surface area (Å²) in [6.45, 7) is 11.3. The van der Waals surface area contributed by atoms with E-state index in [-0.39, 0.29) is 23.9 Å². The molecule has 0 radical (unpaired) electrons. The Bertz CT molecular complexity index is 531. The second-order valence-electron chi connectivity index (χ2n) is 7.89. The quantitative estimate of drug-likeness (QED) is 0.865. The van der Waals surface area contributed by atoms with Crippen LogP contribution in [-0.2, 0) is 6.54 Å². The third kappa shape index (κ3) is 5.43. The van der Waals surface area contributed by atoms with E-state index in [1.54, 1.807) is 19.2 Å². The summed E-state index contributed by atoms with van der Waals surface area (Å²) in [5.74, 6) is 0.312. The van der Waals surface area contributed by atoms with E-state index in [1.807, 2.05) is 0 Å². The van der Waals surface area contributed by atoms with Crippen LogP contribution in [0.4, 0.5) is 4.39 Å². The van der Waals surface area contributed by atoms with Gasteiger partial charge in [0.05, 0.1) is 7.11 Å². The van der Waals surface area contributed by atoms with Gasteiger partial charge in [0, 0.05) is 57.0 Å². The molecule has 0 aromatic heterocycles. The van der Waals surface area contributed by atoms with Gasteiger partial charge in [-0.25, -0.2) is 4.39 Å². The molecule has 1 saturated heterocycles. The number of ether oxygens (including phenoxy) is 1. The smallest absolute Gasteiger partial charge is 0.131 e. The first-order valence-corrected chi connectivity index (χ1v) is 8.72. The van der Waals surface area contributed by atoms with Gasteiger partial charge in [-0.05, 0) is 17.9 Å². The van der Waals surface area contributed by atoms with Crippen LogP contribution in [0.3, 0.4) is 0 Å². The minimum absolute atomic E-state index is 0.162. The maximum absolute atomic E-state index is 14.2. The lowest BCUT2D eigenvalue weighted by atomic mass is 9.95. The number of piperazine rings is 1. The van der Waals surface area contributed by atoms with Crippen LogP contribution in [0.1, 0.15) is 32.8 Å². The van der Waals surface area contributed by atoms with Gasteiger partial charge >= 0.3 is 0 Å². The summed E-state index contributed by atoms with van der Waals surface area (Å²) < 4.78 is 19.3. The summed E-state index contributed by atoms with van der Waals surface area (Å²) in [5, 5.41) is 9.41. The van der Waals surface area contributed by atoms with E-state index in [0.717, 1.165) is 32.6 Å². The molecule has 1 heterocycles. The molecule has 0 saturated carbocycles. The molecule has 1 aromatic carbocycles. The Morgan fingerprint density at radius 3 is 2.62 bits per heavy atom. The molecule has 0 spiro atoms. The lowest BCUT2D eigenvalue weighted by Crippen LogP contribution is -2.54. The average molecular weight is 338 g/mol. The molecular weight excluding hydrogens is 307 g/mol. The highest BCUT2D eigenvalue weighted by atomic mass is 19.1. The number of benzene rings is 1. The summed E-state index contributed by atoms with van der Waals surface area (Å²) >= 11 is 0.